The Bertz CT molecular complexity index is 381. The van der Waals surface area contributed by atoms with Crippen LogP contribution in [0.4, 0.5) is 0 Å². The van der Waals surface area contributed by atoms with Crippen LogP contribution in [0.3, 0.4) is 0 Å². The van der Waals surface area contributed by atoms with Gasteiger partial charge in [0.1, 0.15) is 10.9 Å². The molecule has 0 radical (unpaired) electrons. The monoisotopic (exact) mass is 268 g/mol. The van der Waals surface area contributed by atoms with E-state index in [9.17, 15) is 0 Å². The minimum absolute atomic E-state index is 0.712. The largest absolute Gasteiger partial charge is 0.541 e. The van der Waals surface area contributed by atoms with E-state index in [2.05, 4.69) is 32.7 Å². The molecule has 0 unspecified atom stereocenters. The van der Waals surface area contributed by atoms with E-state index in [4.69, 9.17) is 4.74 Å². The second kappa shape index (κ2) is 4.47. The third kappa shape index (κ3) is 2.37. The summed E-state index contributed by atoms with van der Waals surface area (Å²) in [6.45, 7) is 1.48. The molecular formula is C10H11BrN3O+. The maximum absolute atomic E-state index is 5.16. The van der Waals surface area contributed by atoms with Crippen molar-refractivity contribution < 1.29 is 4.74 Å². The molecule has 0 aliphatic carbocycles. The molecule has 0 amide bonds. The van der Waals surface area contributed by atoms with E-state index in [-0.39, 0.29) is 0 Å². The van der Waals surface area contributed by atoms with Crippen LogP contribution in [0.2, 0.25) is 0 Å². The number of nitrogens with zero attached hydrogens (tertiary/aromatic N) is 2. The molecular weight excluding hydrogens is 258 g/mol. The molecule has 5 heteroatoms. The van der Waals surface area contributed by atoms with Crippen LogP contribution < -0.4 is 10.1 Å². The predicted molar refractivity (Wildman–Crippen MR) is 61.7 cm³/mol. The maximum atomic E-state index is 5.16. The molecule has 0 atom stereocenters. The van der Waals surface area contributed by atoms with Crippen molar-refractivity contribution in [3.05, 3.63) is 28.2 Å². The van der Waals surface area contributed by atoms with Crippen molar-refractivity contribution in [2.45, 2.75) is 6.54 Å². The van der Waals surface area contributed by atoms with Gasteiger partial charge >= 0.3 is 6.34 Å². The first kappa shape index (κ1) is 10.2. The third-order valence-electron chi connectivity index (χ3n) is 2.11. The first-order valence-electron chi connectivity index (χ1n) is 4.55. The predicted octanol–water partition coefficient (Wildman–Crippen LogP) is 1.64. The van der Waals surface area contributed by atoms with Crippen LogP contribution in [0, 0.1) is 0 Å². The molecule has 0 fully saturated rings. The zero-order valence-electron chi connectivity index (χ0n) is 8.33. The van der Waals surface area contributed by atoms with Crippen LogP contribution in [0.5, 0.6) is 5.75 Å². The van der Waals surface area contributed by atoms with Crippen molar-refractivity contribution in [1.29, 1.82) is 0 Å². The van der Waals surface area contributed by atoms with Gasteiger partial charge in [0.15, 0.2) is 6.67 Å². The van der Waals surface area contributed by atoms with Crippen LogP contribution in [-0.4, -0.2) is 25.1 Å². The first-order valence-corrected chi connectivity index (χ1v) is 5.35. The first-order chi connectivity index (χ1) is 7.29. The zero-order valence-corrected chi connectivity index (χ0v) is 9.91. The quantitative estimate of drug-likeness (QED) is 0.847. The minimum atomic E-state index is 0.712. The fourth-order valence-corrected chi connectivity index (χ4v) is 1.97. The van der Waals surface area contributed by atoms with Gasteiger partial charge in [-0.1, -0.05) is 6.07 Å². The summed E-state index contributed by atoms with van der Waals surface area (Å²) in [5.74, 6) is 0.841. The summed E-state index contributed by atoms with van der Waals surface area (Å²) in [7, 11) is 1.66. The van der Waals surface area contributed by atoms with Gasteiger partial charge < -0.3 is 4.74 Å². The fourth-order valence-electron chi connectivity index (χ4n) is 1.38. The lowest BCUT2D eigenvalue weighted by molar-refractivity contribution is 0.300. The molecule has 0 spiro atoms. The Balaban J connectivity index is 2.08. The van der Waals surface area contributed by atoms with Crippen LogP contribution in [0.15, 0.2) is 27.8 Å². The van der Waals surface area contributed by atoms with Crippen LogP contribution >= 0.6 is 15.9 Å². The Morgan fingerprint density at radius 3 is 3.13 bits per heavy atom. The van der Waals surface area contributed by atoms with E-state index >= 15 is 0 Å². The van der Waals surface area contributed by atoms with Crippen molar-refractivity contribution >= 4 is 22.3 Å². The zero-order chi connectivity index (χ0) is 10.7. The molecule has 15 heavy (non-hydrogen) atoms. The van der Waals surface area contributed by atoms with Gasteiger partial charge in [0.2, 0.25) is 0 Å². The van der Waals surface area contributed by atoms with E-state index < -0.39 is 0 Å². The number of ether oxygens (including phenoxy) is 1. The molecule has 1 aliphatic heterocycles. The fraction of sp³-hybridized carbons (Fsp3) is 0.300. The Morgan fingerprint density at radius 2 is 2.53 bits per heavy atom. The van der Waals surface area contributed by atoms with Gasteiger partial charge in [0, 0.05) is 0 Å². The normalized spacial score (nSPS) is 13.6. The molecule has 1 aromatic rings. The lowest BCUT2D eigenvalue weighted by atomic mass is 10.2. The molecule has 0 aromatic heterocycles. The van der Waals surface area contributed by atoms with Gasteiger partial charge in [-0.15, -0.1) is 5.32 Å². The number of rotatable bonds is 3. The minimum Gasteiger partial charge on any atom is -0.496 e. The van der Waals surface area contributed by atoms with Crippen molar-refractivity contribution in [3.8, 4) is 5.75 Å². The van der Waals surface area contributed by atoms with Crippen molar-refractivity contribution in [2.75, 3.05) is 13.8 Å². The Kier molecular flexibility index (Phi) is 3.04. The van der Waals surface area contributed by atoms with Crippen LogP contribution in [-0.2, 0) is 6.54 Å². The highest BCUT2D eigenvalue weighted by Crippen LogP contribution is 2.26. The second-order valence-electron chi connectivity index (χ2n) is 3.18. The highest BCUT2D eigenvalue weighted by atomic mass is 79.9. The summed E-state index contributed by atoms with van der Waals surface area (Å²) in [5, 5.41) is 8.83. The molecule has 1 aromatic carbocycles. The molecule has 2 rings (SSSR count). The van der Waals surface area contributed by atoms with Crippen molar-refractivity contribution in [1.82, 2.24) is 10.3 Å². The summed E-state index contributed by atoms with van der Waals surface area (Å²) in [6.07, 6.45) is 2.69. The number of benzene rings is 1. The maximum Gasteiger partial charge on any atom is 0.541 e. The van der Waals surface area contributed by atoms with Gasteiger partial charge in [-0.3, -0.25) is 0 Å². The van der Waals surface area contributed by atoms with E-state index in [1.165, 1.54) is 5.56 Å². The molecule has 78 valence electrons. The number of hydrogen-bond donors (Lipinski definition) is 1. The molecule has 4 nitrogen and oxygen atoms in total. The lowest BCUT2D eigenvalue weighted by Gasteiger charge is -2.09. The molecule has 1 N–H and O–H groups in total. The molecule has 0 bridgehead atoms. The van der Waals surface area contributed by atoms with Crippen molar-refractivity contribution in [2.24, 2.45) is 5.10 Å². The average Bonchev–Trinajstić information content (AvgIpc) is 2.71. The van der Waals surface area contributed by atoms with Gasteiger partial charge in [0.25, 0.3) is 0 Å². The molecule has 1 heterocycles. The summed E-state index contributed by atoms with van der Waals surface area (Å²) in [4.78, 5) is 0. The standard InChI is InChI=1S/C10H11BrN3O/c1-15-10-3-2-8(4-9(10)11)5-14-7-12-6-13-14/h2-4H,5,7H2,1H3,(H,12,13)/q+1. The summed E-state index contributed by atoms with van der Waals surface area (Å²) < 4.78 is 6.12. The van der Waals surface area contributed by atoms with E-state index in [0.29, 0.717) is 6.67 Å². The number of hydrazone groups is 1. The Hall–Kier alpha value is -1.32. The Morgan fingerprint density at radius 1 is 1.67 bits per heavy atom. The van der Waals surface area contributed by atoms with Crippen LogP contribution in [0.1, 0.15) is 5.56 Å². The average molecular weight is 269 g/mol. The number of hydrogen-bond acceptors (Lipinski definition) is 4. The smallest absolute Gasteiger partial charge is 0.496 e. The highest BCUT2D eigenvalue weighted by molar-refractivity contribution is 9.10. The summed E-state index contributed by atoms with van der Waals surface area (Å²) >= 11 is 3.45. The molecule has 1 aliphatic rings. The van der Waals surface area contributed by atoms with Gasteiger partial charge in [0.05, 0.1) is 18.1 Å². The molecule has 0 saturated carbocycles. The number of halogens is 1. The number of methoxy groups -OCH3 is 1. The van der Waals surface area contributed by atoms with Crippen molar-refractivity contribution in [3.63, 3.8) is 0 Å². The van der Waals surface area contributed by atoms with Gasteiger partial charge in [-0.25, -0.2) is 5.01 Å². The highest BCUT2D eigenvalue weighted by Gasteiger charge is 2.16. The summed E-state index contributed by atoms with van der Waals surface area (Å²) in [5.41, 5.74) is 1.18. The Labute approximate surface area is 97.0 Å². The second-order valence-corrected chi connectivity index (χ2v) is 4.03. The summed E-state index contributed by atoms with van der Waals surface area (Å²) in [6, 6.07) is 6.00. The van der Waals surface area contributed by atoms with E-state index in [1.54, 1.807) is 7.11 Å². The third-order valence-corrected chi connectivity index (χ3v) is 2.73. The van der Waals surface area contributed by atoms with Gasteiger partial charge in [-0.2, -0.15) is 0 Å². The van der Waals surface area contributed by atoms with E-state index in [1.807, 2.05) is 23.2 Å². The van der Waals surface area contributed by atoms with Gasteiger partial charge in [-0.05, 0) is 33.6 Å². The molecule has 0 saturated heterocycles. The SMILES string of the molecule is COc1ccc(CN2CN[C+]=N2)cc1Br. The topological polar surface area (TPSA) is 36.9 Å². The number of nitrogens with one attached hydrogen (secondary N) is 1. The van der Waals surface area contributed by atoms with Crippen LogP contribution in [0.25, 0.3) is 0 Å². The van der Waals surface area contributed by atoms with E-state index in [0.717, 1.165) is 16.8 Å². The lowest BCUT2D eigenvalue weighted by Crippen LogP contribution is -2.20.